The first kappa shape index (κ1) is 18.2. The number of carboxylic acids is 1. The summed E-state index contributed by atoms with van der Waals surface area (Å²) in [5.74, 6) is -1.62. The molecule has 8 heteroatoms. The molecule has 0 saturated carbocycles. The van der Waals surface area contributed by atoms with Gasteiger partial charge >= 0.3 is 12.1 Å². The van der Waals surface area contributed by atoms with Gasteiger partial charge < -0.3 is 15.2 Å². The van der Waals surface area contributed by atoms with Gasteiger partial charge in [0.1, 0.15) is 11.6 Å². The second-order valence-electron chi connectivity index (χ2n) is 5.15. The van der Waals surface area contributed by atoms with Crippen LogP contribution in [0.25, 0.3) is 0 Å². The lowest BCUT2D eigenvalue weighted by Gasteiger charge is -2.22. The van der Waals surface area contributed by atoms with Gasteiger partial charge in [0, 0.05) is 13.5 Å². The van der Waals surface area contributed by atoms with Crippen LogP contribution in [-0.2, 0) is 19.2 Å². The van der Waals surface area contributed by atoms with Crippen molar-refractivity contribution in [3.05, 3.63) is 0 Å². The lowest BCUT2D eigenvalue weighted by atomic mass is 10.1. The number of hydrogen-bond acceptors (Lipinski definition) is 5. The molecule has 0 unspecified atom stereocenters. The van der Waals surface area contributed by atoms with Crippen LogP contribution in [0.15, 0.2) is 0 Å². The van der Waals surface area contributed by atoms with E-state index in [1.807, 2.05) is 0 Å². The fourth-order valence-electron chi connectivity index (χ4n) is 1.23. The Kier molecular flexibility index (Phi) is 6.98. The standard InChI is InChI=1S/C12H22N2O6/c1-12(2,3)20-11(18)13-8(10(16)17)6-7-9(15)14(4)19-5/h8H,6-7H2,1-5H3,(H,13,18)(H,16,17)/t8-/m0/s1. The average Bonchev–Trinajstić information content (AvgIpc) is 2.30. The summed E-state index contributed by atoms with van der Waals surface area (Å²) in [6.07, 6.45) is -0.962. The van der Waals surface area contributed by atoms with Crippen LogP contribution in [0.5, 0.6) is 0 Å². The second kappa shape index (κ2) is 7.68. The van der Waals surface area contributed by atoms with E-state index in [4.69, 9.17) is 9.84 Å². The highest BCUT2D eigenvalue weighted by molar-refractivity contribution is 5.81. The van der Waals surface area contributed by atoms with Crippen molar-refractivity contribution in [2.24, 2.45) is 0 Å². The van der Waals surface area contributed by atoms with Crippen LogP contribution < -0.4 is 5.32 Å². The van der Waals surface area contributed by atoms with Gasteiger partial charge in [-0.05, 0) is 27.2 Å². The summed E-state index contributed by atoms with van der Waals surface area (Å²) in [5, 5.41) is 12.2. The van der Waals surface area contributed by atoms with Crippen molar-refractivity contribution in [3.8, 4) is 0 Å². The molecule has 0 aliphatic heterocycles. The highest BCUT2D eigenvalue weighted by atomic mass is 16.7. The number of carbonyl (C=O) groups is 3. The quantitative estimate of drug-likeness (QED) is 0.700. The summed E-state index contributed by atoms with van der Waals surface area (Å²) in [6.45, 7) is 5.00. The molecular formula is C12H22N2O6. The maximum atomic E-state index is 11.5. The molecule has 116 valence electrons. The SMILES string of the molecule is CON(C)C(=O)CC[C@H](NC(=O)OC(C)(C)C)C(=O)O. The van der Waals surface area contributed by atoms with Crippen molar-refractivity contribution < 1.29 is 29.1 Å². The molecule has 0 fully saturated rings. The number of hydroxylamine groups is 2. The summed E-state index contributed by atoms with van der Waals surface area (Å²) in [4.78, 5) is 38.7. The van der Waals surface area contributed by atoms with E-state index in [-0.39, 0.29) is 18.7 Å². The van der Waals surface area contributed by atoms with E-state index in [2.05, 4.69) is 10.2 Å². The Morgan fingerprint density at radius 3 is 2.25 bits per heavy atom. The molecule has 0 aromatic heterocycles. The van der Waals surface area contributed by atoms with Crippen molar-refractivity contribution in [3.63, 3.8) is 0 Å². The summed E-state index contributed by atoms with van der Waals surface area (Å²) < 4.78 is 4.96. The molecule has 0 aromatic carbocycles. The highest BCUT2D eigenvalue weighted by Gasteiger charge is 2.25. The van der Waals surface area contributed by atoms with Gasteiger partial charge in [0.2, 0.25) is 5.91 Å². The third-order valence-electron chi connectivity index (χ3n) is 2.26. The number of carbonyl (C=O) groups excluding carboxylic acids is 2. The van der Waals surface area contributed by atoms with Crippen molar-refractivity contribution in [2.45, 2.75) is 45.3 Å². The Hall–Kier alpha value is -1.83. The maximum absolute atomic E-state index is 11.5. The van der Waals surface area contributed by atoms with E-state index in [9.17, 15) is 14.4 Å². The predicted molar refractivity (Wildman–Crippen MR) is 69.8 cm³/mol. The van der Waals surface area contributed by atoms with Crippen molar-refractivity contribution >= 4 is 18.0 Å². The molecule has 1 atom stereocenters. The van der Waals surface area contributed by atoms with Gasteiger partial charge in [0.25, 0.3) is 0 Å². The molecule has 0 rings (SSSR count). The van der Waals surface area contributed by atoms with E-state index in [1.54, 1.807) is 20.8 Å². The second-order valence-corrected chi connectivity index (χ2v) is 5.15. The number of amides is 2. The van der Waals surface area contributed by atoms with Crippen LogP contribution in [0, 0.1) is 0 Å². The zero-order chi connectivity index (χ0) is 15.9. The molecule has 0 heterocycles. The van der Waals surface area contributed by atoms with Gasteiger partial charge in [-0.25, -0.2) is 14.7 Å². The van der Waals surface area contributed by atoms with Crippen LogP contribution >= 0.6 is 0 Å². The molecule has 2 N–H and O–H groups in total. The Morgan fingerprint density at radius 1 is 1.30 bits per heavy atom. The number of carboxylic acid groups (broad SMARTS) is 1. The smallest absolute Gasteiger partial charge is 0.408 e. The summed E-state index contributed by atoms with van der Waals surface area (Å²) in [5.41, 5.74) is -0.723. The summed E-state index contributed by atoms with van der Waals surface area (Å²) in [7, 11) is 2.74. The molecule has 0 saturated heterocycles. The first-order chi connectivity index (χ1) is 9.06. The average molecular weight is 290 g/mol. The molecular weight excluding hydrogens is 268 g/mol. The highest BCUT2D eigenvalue weighted by Crippen LogP contribution is 2.08. The fraction of sp³-hybridized carbons (Fsp3) is 0.750. The van der Waals surface area contributed by atoms with Crippen molar-refractivity contribution in [1.29, 1.82) is 0 Å². The zero-order valence-electron chi connectivity index (χ0n) is 12.4. The summed E-state index contributed by atoms with van der Waals surface area (Å²) in [6, 6.07) is -1.20. The third-order valence-corrected chi connectivity index (χ3v) is 2.26. The largest absolute Gasteiger partial charge is 0.480 e. The molecule has 8 nitrogen and oxygen atoms in total. The number of rotatable bonds is 6. The molecule has 2 amide bonds. The molecule has 0 aromatic rings. The van der Waals surface area contributed by atoms with E-state index >= 15 is 0 Å². The van der Waals surface area contributed by atoms with E-state index < -0.39 is 23.7 Å². The number of aliphatic carboxylic acids is 1. The molecule has 0 aliphatic rings. The van der Waals surface area contributed by atoms with Crippen LogP contribution in [0.2, 0.25) is 0 Å². The first-order valence-electron chi connectivity index (χ1n) is 6.10. The first-order valence-corrected chi connectivity index (χ1v) is 6.10. The third kappa shape index (κ3) is 7.57. The topological polar surface area (TPSA) is 105 Å². The van der Waals surface area contributed by atoms with Crippen LogP contribution in [0.1, 0.15) is 33.6 Å². The number of alkyl carbamates (subject to hydrolysis) is 1. The van der Waals surface area contributed by atoms with E-state index in [0.717, 1.165) is 5.06 Å². The number of hydrogen-bond donors (Lipinski definition) is 2. The molecule has 0 aliphatic carbocycles. The lowest BCUT2D eigenvalue weighted by molar-refractivity contribution is -0.168. The fourth-order valence-corrected chi connectivity index (χ4v) is 1.23. The minimum Gasteiger partial charge on any atom is -0.480 e. The zero-order valence-corrected chi connectivity index (χ0v) is 12.4. The Balaban J connectivity index is 4.42. The van der Waals surface area contributed by atoms with Gasteiger partial charge in [0.05, 0.1) is 7.11 Å². The number of nitrogens with one attached hydrogen (secondary N) is 1. The molecule has 0 spiro atoms. The molecule has 0 bridgehead atoms. The maximum Gasteiger partial charge on any atom is 0.408 e. The van der Waals surface area contributed by atoms with Gasteiger partial charge in [-0.1, -0.05) is 0 Å². The number of ether oxygens (including phenoxy) is 1. The molecule has 0 radical (unpaired) electrons. The lowest BCUT2D eigenvalue weighted by Crippen LogP contribution is -2.44. The summed E-state index contributed by atoms with van der Waals surface area (Å²) >= 11 is 0. The van der Waals surface area contributed by atoms with Crippen molar-refractivity contribution in [2.75, 3.05) is 14.2 Å². The minimum absolute atomic E-state index is 0.0545. The minimum atomic E-state index is -1.23. The Labute approximate surface area is 118 Å². The van der Waals surface area contributed by atoms with Gasteiger partial charge in [-0.3, -0.25) is 9.63 Å². The Morgan fingerprint density at radius 2 is 1.85 bits per heavy atom. The van der Waals surface area contributed by atoms with Crippen LogP contribution in [0.3, 0.4) is 0 Å². The van der Waals surface area contributed by atoms with Gasteiger partial charge in [-0.2, -0.15) is 0 Å². The van der Waals surface area contributed by atoms with Crippen LogP contribution in [0.4, 0.5) is 4.79 Å². The monoisotopic (exact) mass is 290 g/mol. The number of nitrogens with zero attached hydrogens (tertiary/aromatic N) is 1. The van der Waals surface area contributed by atoms with Gasteiger partial charge in [0.15, 0.2) is 0 Å². The predicted octanol–water partition coefficient (Wildman–Crippen LogP) is 0.764. The normalized spacial score (nSPS) is 12.4. The van der Waals surface area contributed by atoms with Gasteiger partial charge in [-0.15, -0.1) is 0 Å². The van der Waals surface area contributed by atoms with E-state index in [0.29, 0.717) is 0 Å². The molecule has 20 heavy (non-hydrogen) atoms. The van der Waals surface area contributed by atoms with Crippen LogP contribution in [-0.4, -0.2) is 53.9 Å². The van der Waals surface area contributed by atoms with E-state index in [1.165, 1.54) is 14.2 Å². The Bertz CT molecular complexity index is 363. The van der Waals surface area contributed by atoms with Crippen molar-refractivity contribution in [1.82, 2.24) is 10.4 Å².